The zero-order chi connectivity index (χ0) is 21.8. The molecule has 2 amide bonds. The largest absolute Gasteiger partial charge is 0.347 e. The van der Waals surface area contributed by atoms with Crippen molar-refractivity contribution in [2.45, 2.75) is 31.5 Å². The molecule has 3 aromatic rings. The molecule has 160 valence electrons. The molecule has 0 saturated carbocycles. The van der Waals surface area contributed by atoms with Crippen LogP contribution in [-0.2, 0) is 13.1 Å². The molecule has 2 aromatic heterocycles. The molecular formula is C21H20F2N6O2. The molecule has 31 heavy (non-hydrogen) atoms. The molecule has 0 radical (unpaired) electrons. The first-order chi connectivity index (χ1) is 14.9. The van der Waals surface area contributed by atoms with Crippen molar-refractivity contribution in [2.24, 2.45) is 0 Å². The van der Waals surface area contributed by atoms with E-state index in [1.54, 1.807) is 6.07 Å². The highest BCUT2D eigenvalue weighted by Gasteiger charge is 2.47. The van der Waals surface area contributed by atoms with Crippen molar-refractivity contribution in [3.05, 3.63) is 77.9 Å². The molecule has 1 aliphatic heterocycles. The van der Waals surface area contributed by atoms with Crippen LogP contribution in [0.15, 0.2) is 61.1 Å². The minimum absolute atomic E-state index is 0.000553. The zero-order valence-electron chi connectivity index (χ0n) is 16.5. The third-order valence-corrected chi connectivity index (χ3v) is 5.01. The van der Waals surface area contributed by atoms with E-state index in [1.165, 1.54) is 29.3 Å². The summed E-state index contributed by atoms with van der Waals surface area (Å²) in [5, 5.41) is 10.5. The normalized spacial score (nSPS) is 17.5. The number of pyridine rings is 1. The van der Waals surface area contributed by atoms with Crippen LogP contribution in [0.1, 0.15) is 32.8 Å². The number of nitrogens with zero attached hydrogens (tertiary/aromatic N) is 5. The number of aromatic nitrogens is 4. The van der Waals surface area contributed by atoms with Gasteiger partial charge in [0.05, 0.1) is 30.9 Å². The molecule has 3 heterocycles. The summed E-state index contributed by atoms with van der Waals surface area (Å²) in [5.74, 6) is -3.94. The van der Waals surface area contributed by atoms with E-state index in [2.05, 4.69) is 20.6 Å². The Kier molecular flexibility index (Phi) is 5.70. The number of nitrogens with one attached hydrogen (secondary N) is 1. The molecule has 0 aliphatic carbocycles. The number of alkyl halides is 2. The Balaban J connectivity index is 1.42. The van der Waals surface area contributed by atoms with Gasteiger partial charge in [-0.25, -0.2) is 13.5 Å². The Morgan fingerprint density at radius 3 is 2.71 bits per heavy atom. The minimum atomic E-state index is -3.00. The van der Waals surface area contributed by atoms with Crippen LogP contribution >= 0.6 is 0 Å². The molecule has 4 rings (SSSR count). The second-order valence-electron chi connectivity index (χ2n) is 7.38. The zero-order valence-corrected chi connectivity index (χ0v) is 16.5. The summed E-state index contributed by atoms with van der Waals surface area (Å²) in [7, 11) is 0. The Morgan fingerprint density at radius 1 is 1.16 bits per heavy atom. The van der Waals surface area contributed by atoms with E-state index in [0.29, 0.717) is 6.54 Å². The van der Waals surface area contributed by atoms with Crippen LogP contribution < -0.4 is 5.32 Å². The van der Waals surface area contributed by atoms with Gasteiger partial charge in [-0.15, -0.1) is 5.10 Å². The van der Waals surface area contributed by atoms with Crippen LogP contribution in [0.5, 0.6) is 0 Å². The molecule has 1 unspecified atom stereocenters. The summed E-state index contributed by atoms with van der Waals surface area (Å²) < 4.78 is 29.5. The van der Waals surface area contributed by atoms with Crippen LogP contribution in [0.25, 0.3) is 0 Å². The van der Waals surface area contributed by atoms with Gasteiger partial charge in [-0.3, -0.25) is 14.6 Å². The lowest BCUT2D eigenvalue weighted by Crippen LogP contribution is -2.38. The van der Waals surface area contributed by atoms with Gasteiger partial charge in [0.15, 0.2) is 5.69 Å². The number of hydrogen-bond acceptors (Lipinski definition) is 5. The summed E-state index contributed by atoms with van der Waals surface area (Å²) >= 11 is 0. The lowest BCUT2D eigenvalue weighted by molar-refractivity contribution is 0.0117. The third kappa shape index (κ3) is 4.90. The van der Waals surface area contributed by atoms with Crippen molar-refractivity contribution < 1.29 is 18.4 Å². The van der Waals surface area contributed by atoms with Crippen molar-refractivity contribution >= 4 is 11.8 Å². The molecule has 1 aromatic carbocycles. The first-order valence-electron chi connectivity index (χ1n) is 9.72. The van der Waals surface area contributed by atoms with Crippen molar-refractivity contribution in [3.63, 3.8) is 0 Å². The predicted octanol–water partition coefficient (Wildman–Crippen LogP) is 2.15. The van der Waals surface area contributed by atoms with E-state index < -0.39 is 36.7 Å². The molecule has 1 aliphatic rings. The first kappa shape index (κ1) is 20.6. The Labute approximate surface area is 176 Å². The summed E-state index contributed by atoms with van der Waals surface area (Å²) in [4.78, 5) is 30.0. The summed E-state index contributed by atoms with van der Waals surface area (Å²) in [6.45, 7) is -0.347. The van der Waals surface area contributed by atoms with Gasteiger partial charge in [0.2, 0.25) is 0 Å². The molecule has 0 bridgehead atoms. The van der Waals surface area contributed by atoms with Crippen molar-refractivity contribution in [1.29, 1.82) is 0 Å². The minimum Gasteiger partial charge on any atom is -0.347 e. The fourth-order valence-corrected chi connectivity index (χ4v) is 3.53. The highest BCUT2D eigenvalue weighted by Crippen LogP contribution is 2.33. The molecule has 0 spiro atoms. The maximum absolute atomic E-state index is 14.1. The van der Waals surface area contributed by atoms with Crippen molar-refractivity contribution in [3.8, 4) is 0 Å². The van der Waals surface area contributed by atoms with E-state index in [1.807, 2.05) is 30.3 Å². The molecule has 10 heteroatoms. The van der Waals surface area contributed by atoms with Gasteiger partial charge in [-0.05, 0) is 17.7 Å². The smallest absolute Gasteiger partial charge is 0.273 e. The van der Waals surface area contributed by atoms with E-state index in [4.69, 9.17) is 0 Å². The predicted molar refractivity (Wildman–Crippen MR) is 106 cm³/mol. The first-order valence-corrected chi connectivity index (χ1v) is 9.72. The van der Waals surface area contributed by atoms with Crippen LogP contribution in [0, 0.1) is 0 Å². The maximum atomic E-state index is 14.1. The molecule has 1 atom stereocenters. The summed E-state index contributed by atoms with van der Waals surface area (Å²) in [6.07, 6.45) is 3.76. The second-order valence-corrected chi connectivity index (χ2v) is 7.38. The highest BCUT2D eigenvalue weighted by molar-refractivity contribution is 5.94. The summed E-state index contributed by atoms with van der Waals surface area (Å²) in [6, 6.07) is 11.7. The van der Waals surface area contributed by atoms with Gasteiger partial charge in [-0.2, -0.15) is 0 Å². The third-order valence-electron chi connectivity index (χ3n) is 5.01. The number of likely N-dealkylation sites (tertiary alicyclic amines) is 1. The average Bonchev–Trinajstić information content (AvgIpc) is 3.36. The van der Waals surface area contributed by atoms with E-state index in [0.717, 1.165) is 10.5 Å². The molecular weight excluding hydrogens is 406 g/mol. The Hall–Kier alpha value is -3.69. The number of benzene rings is 1. The molecule has 1 N–H and O–H groups in total. The fraction of sp³-hybridized carbons (Fsp3) is 0.286. The number of rotatable bonds is 6. The summed E-state index contributed by atoms with van der Waals surface area (Å²) in [5.41, 5.74) is 1.25. The van der Waals surface area contributed by atoms with Crippen molar-refractivity contribution in [2.75, 3.05) is 6.54 Å². The van der Waals surface area contributed by atoms with Crippen molar-refractivity contribution in [1.82, 2.24) is 30.2 Å². The number of amides is 2. The topological polar surface area (TPSA) is 93.0 Å². The van der Waals surface area contributed by atoms with Gasteiger partial charge in [0.1, 0.15) is 0 Å². The number of halogens is 2. The molecule has 1 saturated heterocycles. The van der Waals surface area contributed by atoms with Gasteiger partial charge in [0, 0.05) is 25.4 Å². The quantitative estimate of drug-likeness (QED) is 0.652. The SMILES string of the molecule is O=C(NCc1ccccc1)c1cn(CC2CC(F)(F)CN2C(=O)c2cccnc2)nn1. The fourth-order valence-electron chi connectivity index (χ4n) is 3.53. The van der Waals surface area contributed by atoms with Crippen LogP contribution in [0.3, 0.4) is 0 Å². The number of carbonyl (C=O) groups is 2. The highest BCUT2D eigenvalue weighted by atomic mass is 19.3. The monoisotopic (exact) mass is 426 g/mol. The Morgan fingerprint density at radius 2 is 1.97 bits per heavy atom. The maximum Gasteiger partial charge on any atom is 0.273 e. The molecule has 1 fully saturated rings. The van der Waals surface area contributed by atoms with Gasteiger partial charge in [-0.1, -0.05) is 35.5 Å². The number of carbonyl (C=O) groups excluding carboxylic acids is 2. The Bertz CT molecular complexity index is 1060. The lowest BCUT2D eigenvalue weighted by Gasteiger charge is -2.23. The van der Waals surface area contributed by atoms with E-state index in [-0.39, 0.29) is 17.8 Å². The van der Waals surface area contributed by atoms with Crippen LogP contribution in [0.2, 0.25) is 0 Å². The standard InChI is InChI=1S/C21H20F2N6O2/c22-21(23)9-17(29(14-21)20(31)16-7-4-8-24-11-16)12-28-13-18(26-27-28)19(30)25-10-15-5-2-1-3-6-15/h1-8,11,13,17H,9-10,12,14H2,(H,25,30). The molecule has 8 nitrogen and oxygen atoms in total. The lowest BCUT2D eigenvalue weighted by atomic mass is 10.2. The van der Waals surface area contributed by atoms with Crippen LogP contribution in [-0.4, -0.2) is 55.2 Å². The van der Waals surface area contributed by atoms with Gasteiger partial charge >= 0.3 is 0 Å². The second kappa shape index (κ2) is 8.58. The van der Waals surface area contributed by atoms with Gasteiger partial charge < -0.3 is 10.2 Å². The van der Waals surface area contributed by atoms with E-state index in [9.17, 15) is 18.4 Å². The van der Waals surface area contributed by atoms with Crippen LogP contribution in [0.4, 0.5) is 8.78 Å². The van der Waals surface area contributed by atoms with Gasteiger partial charge in [0.25, 0.3) is 17.7 Å². The number of hydrogen-bond donors (Lipinski definition) is 1. The average molecular weight is 426 g/mol. The van der Waals surface area contributed by atoms with E-state index >= 15 is 0 Å².